The summed E-state index contributed by atoms with van der Waals surface area (Å²) in [5.74, 6) is 0.111. The number of nitro groups is 1. The second-order valence-electron chi connectivity index (χ2n) is 8.95. The van der Waals surface area contributed by atoms with Crippen LogP contribution >= 0.6 is 0 Å². The van der Waals surface area contributed by atoms with Crippen LogP contribution in [0.5, 0.6) is 0 Å². The number of piperazine rings is 1. The number of hydrogen-bond acceptors (Lipinski definition) is 4. The number of para-hydroxylation sites is 1. The van der Waals surface area contributed by atoms with Gasteiger partial charge >= 0.3 is 0 Å². The quantitative estimate of drug-likeness (QED) is 0.504. The molecule has 0 aliphatic carbocycles. The lowest BCUT2D eigenvalue weighted by Gasteiger charge is -2.47. The SMILES string of the molecule is CC(C)CN1CC(=O)N2[C@@H](c3ccc([N+](=O)[O-])cc3)c3[nH]c4ccccc4c3C[C@H]2C1=O. The molecule has 2 aliphatic heterocycles. The van der Waals surface area contributed by atoms with Crippen molar-refractivity contribution >= 4 is 28.4 Å². The van der Waals surface area contributed by atoms with Crippen molar-refractivity contribution in [2.45, 2.75) is 32.4 Å². The molecule has 2 aromatic carbocycles. The van der Waals surface area contributed by atoms with Crippen molar-refractivity contribution in [1.82, 2.24) is 14.8 Å². The first-order valence-electron chi connectivity index (χ1n) is 10.8. The van der Waals surface area contributed by atoms with Crippen LogP contribution in [0.4, 0.5) is 5.69 Å². The van der Waals surface area contributed by atoms with Crippen LogP contribution in [-0.4, -0.2) is 50.7 Å². The lowest BCUT2D eigenvalue weighted by atomic mass is 9.86. The van der Waals surface area contributed by atoms with E-state index in [2.05, 4.69) is 4.98 Å². The molecular formula is C24H24N4O4. The Bertz CT molecular complexity index is 1230. The summed E-state index contributed by atoms with van der Waals surface area (Å²) in [5, 5.41) is 12.2. The van der Waals surface area contributed by atoms with Gasteiger partial charge < -0.3 is 14.8 Å². The highest BCUT2D eigenvalue weighted by molar-refractivity contribution is 5.97. The monoisotopic (exact) mass is 432 g/mol. The zero-order valence-corrected chi connectivity index (χ0v) is 17.9. The number of fused-ring (bicyclic) bond motifs is 4. The van der Waals surface area contributed by atoms with Gasteiger partial charge in [-0.3, -0.25) is 19.7 Å². The van der Waals surface area contributed by atoms with Crippen molar-refractivity contribution in [3.63, 3.8) is 0 Å². The summed E-state index contributed by atoms with van der Waals surface area (Å²) in [6, 6.07) is 13.1. The van der Waals surface area contributed by atoms with Gasteiger partial charge in [0.25, 0.3) is 5.69 Å². The lowest BCUT2D eigenvalue weighted by molar-refractivity contribution is -0.384. The molecule has 5 rings (SSSR count). The number of aromatic amines is 1. The number of nitro benzene ring substituents is 1. The highest BCUT2D eigenvalue weighted by Gasteiger charge is 2.48. The highest BCUT2D eigenvalue weighted by atomic mass is 16.6. The van der Waals surface area contributed by atoms with E-state index >= 15 is 0 Å². The second kappa shape index (κ2) is 7.47. The summed E-state index contributed by atoms with van der Waals surface area (Å²) >= 11 is 0. The number of carbonyl (C=O) groups is 2. The van der Waals surface area contributed by atoms with E-state index in [1.807, 2.05) is 38.1 Å². The minimum Gasteiger partial charge on any atom is -0.356 e. The zero-order valence-electron chi connectivity index (χ0n) is 17.9. The van der Waals surface area contributed by atoms with Crippen LogP contribution < -0.4 is 0 Å². The summed E-state index contributed by atoms with van der Waals surface area (Å²) in [5.41, 5.74) is 3.57. The fourth-order valence-corrected chi connectivity index (χ4v) is 5.04. The summed E-state index contributed by atoms with van der Waals surface area (Å²) in [7, 11) is 0. The minimum atomic E-state index is -0.595. The van der Waals surface area contributed by atoms with E-state index in [9.17, 15) is 19.7 Å². The van der Waals surface area contributed by atoms with Gasteiger partial charge in [-0.1, -0.05) is 32.0 Å². The van der Waals surface area contributed by atoms with Crippen LogP contribution in [0.25, 0.3) is 10.9 Å². The Hall–Kier alpha value is -3.68. The molecule has 1 aromatic heterocycles. The maximum atomic E-state index is 13.5. The second-order valence-corrected chi connectivity index (χ2v) is 8.95. The summed E-state index contributed by atoms with van der Waals surface area (Å²) in [6.45, 7) is 4.65. The van der Waals surface area contributed by atoms with Gasteiger partial charge in [0.05, 0.1) is 17.5 Å². The molecule has 3 heterocycles. The Kier molecular flexibility index (Phi) is 4.73. The molecule has 0 unspecified atom stereocenters. The molecule has 8 heteroatoms. The summed E-state index contributed by atoms with van der Waals surface area (Å²) < 4.78 is 0. The Morgan fingerprint density at radius 1 is 1.12 bits per heavy atom. The summed E-state index contributed by atoms with van der Waals surface area (Å²) in [4.78, 5) is 44.3. The fourth-order valence-electron chi connectivity index (χ4n) is 5.04. The van der Waals surface area contributed by atoms with E-state index in [4.69, 9.17) is 0 Å². The lowest BCUT2D eigenvalue weighted by Crippen LogP contribution is -2.63. The highest BCUT2D eigenvalue weighted by Crippen LogP contribution is 2.42. The van der Waals surface area contributed by atoms with Gasteiger partial charge in [-0.15, -0.1) is 0 Å². The topological polar surface area (TPSA) is 99.5 Å². The maximum Gasteiger partial charge on any atom is 0.269 e. The summed E-state index contributed by atoms with van der Waals surface area (Å²) in [6.07, 6.45) is 0.446. The Labute approximate surface area is 185 Å². The third kappa shape index (κ3) is 3.14. The molecule has 3 aromatic rings. The van der Waals surface area contributed by atoms with Crippen LogP contribution in [0, 0.1) is 16.0 Å². The molecule has 2 aliphatic rings. The maximum absolute atomic E-state index is 13.5. The molecule has 2 atom stereocenters. The third-order valence-corrected chi connectivity index (χ3v) is 6.35. The average molecular weight is 432 g/mol. The van der Waals surface area contributed by atoms with Gasteiger partial charge in [-0.05, 0) is 35.2 Å². The van der Waals surface area contributed by atoms with Gasteiger partial charge in [0, 0.05) is 41.7 Å². The predicted molar refractivity (Wildman–Crippen MR) is 119 cm³/mol. The molecule has 2 amide bonds. The van der Waals surface area contributed by atoms with Crippen molar-refractivity contribution in [3.05, 3.63) is 75.5 Å². The van der Waals surface area contributed by atoms with Crippen LogP contribution in [0.2, 0.25) is 0 Å². The van der Waals surface area contributed by atoms with E-state index in [1.54, 1.807) is 21.9 Å². The number of nitrogens with one attached hydrogen (secondary N) is 1. The van der Waals surface area contributed by atoms with E-state index in [0.717, 1.165) is 27.7 Å². The standard InChI is InChI=1S/C24H24N4O4/c1-14(2)12-26-13-21(29)27-20(24(26)30)11-18-17-5-3-4-6-19(17)25-22(18)23(27)15-7-9-16(10-8-15)28(31)32/h3-10,14,20,23,25H,11-13H2,1-2H3/t20-,23-/m0/s1. The normalized spacial score (nSPS) is 20.6. The number of rotatable bonds is 4. The molecule has 8 nitrogen and oxygen atoms in total. The van der Waals surface area contributed by atoms with E-state index in [1.165, 1.54) is 12.1 Å². The molecule has 1 saturated heterocycles. The smallest absolute Gasteiger partial charge is 0.269 e. The fraction of sp³-hybridized carbons (Fsp3) is 0.333. The first-order chi connectivity index (χ1) is 15.3. The van der Waals surface area contributed by atoms with Crippen LogP contribution in [0.15, 0.2) is 48.5 Å². The van der Waals surface area contributed by atoms with Gasteiger partial charge in [0.15, 0.2) is 0 Å². The molecule has 1 N–H and O–H groups in total. The number of H-pyrrole nitrogens is 1. The molecule has 0 spiro atoms. The Morgan fingerprint density at radius 2 is 1.84 bits per heavy atom. The molecule has 0 saturated carbocycles. The molecule has 0 bridgehead atoms. The predicted octanol–water partition coefficient (Wildman–Crippen LogP) is 3.42. The van der Waals surface area contributed by atoms with Crippen molar-refractivity contribution in [3.8, 4) is 0 Å². The number of non-ortho nitro benzene ring substituents is 1. The van der Waals surface area contributed by atoms with Crippen LogP contribution in [-0.2, 0) is 16.0 Å². The van der Waals surface area contributed by atoms with E-state index in [-0.39, 0.29) is 30.0 Å². The van der Waals surface area contributed by atoms with Gasteiger partial charge in [0.1, 0.15) is 6.04 Å². The number of nitrogens with zero attached hydrogens (tertiary/aromatic N) is 3. The van der Waals surface area contributed by atoms with Crippen molar-refractivity contribution < 1.29 is 14.5 Å². The Morgan fingerprint density at radius 3 is 2.53 bits per heavy atom. The number of carbonyl (C=O) groups excluding carboxylic acids is 2. The number of aromatic nitrogens is 1. The molecule has 0 radical (unpaired) electrons. The number of amides is 2. The average Bonchev–Trinajstić information content (AvgIpc) is 3.14. The third-order valence-electron chi connectivity index (χ3n) is 6.35. The minimum absolute atomic E-state index is 0.0119. The van der Waals surface area contributed by atoms with E-state index < -0.39 is 17.0 Å². The Balaban J connectivity index is 1.66. The van der Waals surface area contributed by atoms with E-state index in [0.29, 0.717) is 13.0 Å². The van der Waals surface area contributed by atoms with Crippen LogP contribution in [0.1, 0.15) is 36.7 Å². The van der Waals surface area contributed by atoms with Gasteiger partial charge in [-0.25, -0.2) is 0 Å². The largest absolute Gasteiger partial charge is 0.356 e. The van der Waals surface area contributed by atoms with Gasteiger partial charge in [-0.2, -0.15) is 0 Å². The molecule has 32 heavy (non-hydrogen) atoms. The van der Waals surface area contributed by atoms with Crippen molar-refractivity contribution in [2.24, 2.45) is 5.92 Å². The van der Waals surface area contributed by atoms with Crippen molar-refractivity contribution in [1.29, 1.82) is 0 Å². The first kappa shape index (κ1) is 20.2. The molecular weight excluding hydrogens is 408 g/mol. The molecule has 1 fully saturated rings. The first-order valence-corrected chi connectivity index (χ1v) is 10.8. The van der Waals surface area contributed by atoms with Gasteiger partial charge in [0.2, 0.25) is 11.8 Å². The van der Waals surface area contributed by atoms with Crippen LogP contribution in [0.3, 0.4) is 0 Å². The van der Waals surface area contributed by atoms with Crippen molar-refractivity contribution in [2.75, 3.05) is 13.1 Å². The zero-order chi connectivity index (χ0) is 22.6. The number of hydrogen-bond donors (Lipinski definition) is 1. The number of benzene rings is 2. The molecule has 164 valence electrons.